The zero-order valence-corrected chi connectivity index (χ0v) is 13.3. The van der Waals surface area contributed by atoms with E-state index in [2.05, 4.69) is 0 Å². The molecule has 1 fully saturated rings. The molecule has 0 N–H and O–H groups in total. The predicted molar refractivity (Wildman–Crippen MR) is 91.1 cm³/mol. The lowest BCUT2D eigenvalue weighted by Crippen LogP contribution is -2.27. The molecule has 1 heterocycles. The van der Waals surface area contributed by atoms with E-state index in [1.165, 1.54) is 4.90 Å². The fraction of sp³-hybridized carbons (Fsp3) is 0.0588. The SMILES string of the molecule is Cc1cccc(N2C(=O)S/C(=C\c3ccccc3Cl)C2=O)c1. The van der Waals surface area contributed by atoms with Crippen LogP contribution in [-0.4, -0.2) is 11.1 Å². The molecule has 0 aromatic heterocycles. The summed E-state index contributed by atoms with van der Waals surface area (Å²) in [6.07, 6.45) is 1.66. The lowest BCUT2D eigenvalue weighted by Gasteiger charge is -2.12. The van der Waals surface area contributed by atoms with E-state index in [0.717, 1.165) is 22.9 Å². The van der Waals surface area contributed by atoms with Crippen LogP contribution in [0, 0.1) is 6.92 Å². The lowest BCUT2D eigenvalue weighted by atomic mass is 10.2. The molecule has 0 radical (unpaired) electrons. The molecule has 2 amide bonds. The summed E-state index contributed by atoms with van der Waals surface area (Å²) in [6, 6.07) is 14.5. The molecule has 0 atom stereocenters. The second kappa shape index (κ2) is 5.99. The number of hydrogen-bond acceptors (Lipinski definition) is 3. The summed E-state index contributed by atoms with van der Waals surface area (Å²) >= 11 is 7.02. The van der Waals surface area contributed by atoms with E-state index in [0.29, 0.717) is 15.6 Å². The van der Waals surface area contributed by atoms with Crippen LogP contribution < -0.4 is 4.90 Å². The first-order valence-corrected chi connectivity index (χ1v) is 7.85. The number of benzene rings is 2. The predicted octanol–water partition coefficient (Wildman–Crippen LogP) is 4.89. The number of hydrogen-bond donors (Lipinski definition) is 0. The van der Waals surface area contributed by atoms with E-state index in [1.54, 1.807) is 18.2 Å². The Bertz CT molecular complexity index is 801. The molecule has 0 bridgehead atoms. The van der Waals surface area contributed by atoms with Crippen molar-refractivity contribution in [3.8, 4) is 0 Å². The Morgan fingerprint density at radius 2 is 1.86 bits per heavy atom. The molecule has 1 saturated heterocycles. The molecule has 3 nitrogen and oxygen atoms in total. The zero-order valence-electron chi connectivity index (χ0n) is 11.7. The van der Waals surface area contributed by atoms with Crippen molar-refractivity contribution in [2.75, 3.05) is 4.90 Å². The Balaban J connectivity index is 1.97. The Kier molecular flexibility index (Phi) is 4.05. The fourth-order valence-corrected chi connectivity index (χ4v) is 3.21. The molecule has 0 saturated carbocycles. The van der Waals surface area contributed by atoms with Crippen LogP contribution in [0.1, 0.15) is 11.1 Å². The number of anilines is 1. The third kappa shape index (κ3) is 2.80. The summed E-state index contributed by atoms with van der Waals surface area (Å²) in [7, 11) is 0. The monoisotopic (exact) mass is 329 g/mol. The standard InChI is InChI=1S/C17H12ClNO2S/c1-11-5-4-7-13(9-11)19-16(20)15(22-17(19)21)10-12-6-2-3-8-14(12)18/h2-10H,1H3/b15-10-. The maximum Gasteiger partial charge on any atom is 0.298 e. The van der Waals surface area contributed by atoms with E-state index < -0.39 is 0 Å². The number of carbonyl (C=O) groups excluding carboxylic acids is 2. The average molecular weight is 330 g/mol. The quantitative estimate of drug-likeness (QED) is 0.736. The highest BCUT2D eigenvalue weighted by Crippen LogP contribution is 2.36. The topological polar surface area (TPSA) is 37.4 Å². The van der Waals surface area contributed by atoms with Crippen LogP contribution >= 0.6 is 23.4 Å². The Morgan fingerprint density at radius 3 is 2.59 bits per heavy atom. The van der Waals surface area contributed by atoms with Crippen molar-refractivity contribution in [3.63, 3.8) is 0 Å². The van der Waals surface area contributed by atoms with Gasteiger partial charge < -0.3 is 0 Å². The minimum atomic E-state index is -0.319. The van der Waals surface area contributed by atoms with E-state index in [4.69, 9.17) is 11.6 Å². The van der Waals surface area contributed by atoms with Gasteiger partial charge in [-0.3, -0.25) is 9.59 Å². The second-order valence-electron chi connectivity index (χ2n) is 4.88. The molecule has 2 aromatic rings. The molecule has 1 aliphatic rings. The third-order valence-corrected chi connectivity index (χ3v) is 4.46. The number of nitrogens with zero attached hydrogens (tertiary/aromatic N) is 1. The minimum Gasteiger partial charge on any atom is -0.268 e. The maximum absolute atomic E-state index is 12.5. The van der Waals surface area contributed by atoms with Crippen LogP contribution in [0.5, 0.6) is 0 Å². The van der Waals surface area contributed by atoms with Gasteiger partial charge in [0.15, 0.2) is 0 Å². The number of thioether (sulfide) groups is 1. The van der Waals surface area contributed by atoms with Gasteiger partial charge in [-0.05, 0) is 54.1 Å². The van der Waals surface area contributed by atoms with Crippen LogP contribution in [0.4, 0.5) is 10.5 Å². The number of rotatable bonds is 2. The van der Waals surface area contributed by atoms with Crippen LogP contribution in [-0.2, 0) is 4.79 Å². The molecular formula is C17H12ClNO2S. The van der Waals surface area contributed by atoms with Crippen LogP contribution in [0.2, 0.25) is 5.02 Å². The van der Waals surface area contributed by atoms with Crippen molar-refractivity contribution in [2.45, 2.75) is 6.92 Å². The summed E-state index contributed by atoms with van der Waals surface area (Å²) in [5.74, 6) is -0.319. The van der Waals surface area contributed by atoms with Crippen LogP contribution in [0.15, 0.2) is 53.4 Å². The number of imide groups is 1. The molecule has 110 valence electrons. The lowest BCUT2D eigenvalue weighted by molar-refractivity contribution is -0.113. The van der Waals surface area contributed by atoms with Crippen molar-refractivity contribution in [3.05, 3.63) is 69.6 Å². The van der Waals surface area contributed by atoms with Gasteiger partial charge in [0.1, 0.15) is 0 Å². The van der Waals surface area contributed by atoms with Crippen molar-refractivity contribution in [2.24, 2.45) is 0 Å². The highest BCUT2D eigenvalue weighted by atomic mass is 35.5. The van der Waals surface area contributed by atoms with Gasteiger partial charge in [0.25, 0.3) is 11.1 Å². The third-order valence-electron chi connectivity index (χ3n) is 3.25. The van der Waals surface area contributed by atoms with Gasteiger partial charge in [0.05, 0.1) is 10.6 Å². The summed E-state index contributed by atoms with van der Waals surface area (Å²) in [6.45, 7) is 1.92. The number of amides is 2. The minimum absolute atomic E-state index is 0.297. The maximum atomic E-state index is 12.5. The first-order valence-electron chi connectivity index (χ1n) is 6.65. The number of halogens is 1. The first-order chi connectivity index (χ1) is 10.6. The van der Waals surface area contributed by atoms with Crippen LogP contribution in [0.3, 0.4) is 0 Å². The summed E-state index contributed by atoms with van der Waals surface area (Å²) in [5.41, 5.74) is 2.30. The van der Waals surface area contributed by atoms with Crippen LogP contribution in [0.25, 0.3) is 6.08 Å². The van der Waals surface area contributed by atoms with E-state index >= 15 is 0 Å². The van der Waals surface area contributed by atoms with Gasteiger partial charge in [-0.2, -0.15) is 0 Å². The van der Waals surface area contributed by atoms with Gasteiger partial charge in [-0.1, -0.05) is 41.9 Å². The first kappa shape index (κ1) is 14.9. The molecule has 5 heteroatoms. The molecule has 0 unspecified atom stereocenters. The highest BCUT2D eigenvalue weighted by molar-refractivity contribution is 8.19. The van der Waals surface area contributed by atoms with Gasteiger partial charge in [-0.25, -0.2) is 4.90 Å². The van der Waals surface area contributed by atoms with Gasteiger partial charge in [-0.15, -0.1) is 0 Å². The molecule has 1 aliphatic heterocycles. The normalized spacial score (nSPS) is 16.6. The molecule has 2 aromatic carbocycles. The summed E-state index contributed by atoms with van der Waals surface area (Å²) in [5, 5.41) is 0.249. The average Bonchev–Trinajstić information content (AvgIpc) is 2.76. The van der Waals surface area contributed by atoms with Gasteiger partial charge in [0.2, 0.25) is 0 Å². The summed E-state index contributed by atoms with van der Waals surface area (Å²) in [4.78, 5) is 26.3. The zero-order chi connectivity index (χ0) is 15.7. The molecule has 3 rings (SSSR count). The van der Waals surface area contributed by atoms with E-state index in [9.17, 15) is 9.59 Å². The number of carbonyl (C=O) groups is 2. The molecule has 22 heavy (non-hydrogen) atoms. The van der Waals surface area contributed by atoms with Crippen molar-refractivity contribution in [1.82, 2.24) is 0 Å². The Hall–Kier alpha value is -2.04. The molecule has 0 aliphatic carbocycles. The van der Waals surface area contributed by atoms with Crippen molar-refractivity contribution < 1.29 is 9.59 Å². The Morgan fingerprint density at radius 1 is 1.09 bits per heavy atom. The van der Waals surface area contributed by atoms with E-state index in [1.807, 2.05) is 43.3 Å². The highest BCUT2D eigenvalue weighted by Gasteiger charge is 2.36. The van der Waals surface area contributed by atoms with Gasteiger partial charge >= 0.3 is 0 Å². The summed E-state index contributed by atoms with van der Waals surface area (Å²) < 4.78 is 0. The smallest absolute Gasteiger partial charge is 0.268 e. The van der Waals surface area contributed by atoms with Crippen molar-refractivity contribution >= 4 is 46.3 Å². The second-order valence-corrected chi connectivity index (χ2v) is 6.28. The number of aryl methyl sites for hydroxylation is 1. The van der Waals surface area contributed by atoms with E-state index in [-0.39, 0.29) is 11.1 Å². The Labute approximate surface area is 137 Å². The van der Waals surface area contributed by atoms with Crippen molar-refractivity contribution in [1.29, 1.82) is 0 Å². The van der Waals surface area contributed by atoms with Gasteiger partial charge in [0, 0.05) is 5.02 Å². The molecular weight excluding hydrogens is 318 g/mol. The largest absolute Gasteiger partial charge is 0.298 e. The fourth-order valence-electron chi connectivity index (χ4n) is 2.19. The molecule has 0 spiro atoms.